The summed E-state index contributed by atoms with van der Waals surface area (Å²) < 4.78 is 0. The van der Waals surface area contributed by atoms with Crippen LogP contribution in [0.5, 0.6) is 0 Å². The van der Waals surface area contributed by atoms with Crippen LogP contribution in [0.25, 0.3) is 10.8 Å². The maximum absolute atomic E-state index is 12.1. The summed E-state index contributed by atoms with van der Waals surface area (Å²) in [6, 6.07) is 10.2. The number of rotatable bonds is 0. The monoisotopic (exact) mass is 226 g/mol. The van der Waals surface area contributed by atoms with E-state index in [-0.39, 0.29) is 6.03 Å². The minimum absolute atomic E-state index is 0.00820. The standard InChI is InChI=1S/C14H14N2O/c1-9-7-8-12-13-10(9)5-4-6-11(13)15(2)14(17)16(12)3/h4-8H,1-3H3. The largest absolute Gasteiger partial charge is 0.328 e. The van der Waals surface area contributed by atoms with Crippen molar-refractivity contribution in [2.75, 3.05) is 23.9 Å². The van der Waals surface area contributed by atoms with Crippen LogP contribution >= 0.6 is 0 Å². The zero-order valence-corrected chi connectivity index (χ0v) is 10.2. The zero-order chi connectivity index (χ0) is 12.2. The van der Waals surface area contributed by atoms with Crippen molar-refractivity contribution in [3.8, 4) is 0 Å². The predicted octanol–water partition coefficient (Wildman–Crippen LogP) is 3.15. The summed E-state index contributed by atoms with van der Waals surface area (Å²) in [7, 11) is 3.64. The quantitative estimate of drug-likeness (QED) is 0.677. The molecule has 0 spiro atoms. The Morgan fingerprint density at radius 2 is 1.59 bits per heavy atom. The molecule has 0 aromatic heterocycles. The van der Waals surface area contributed by atoms with Gasteiger partial charge in [0, 0.05) is 19.5 Å². The summed E-state index contributed by atoms with van der Waals surface area (Å²) in [5.41, 5.74) is 3.22. The predicted molar refractivity (Wildman–Crippen MR) is 70.9 cm³/mol. The van der Waals surface area contributed by atoms with E-state index in [1.165, 1.54) is 10.9 Å². The third kappa shape index (κ3) is 1.19. The molecular weight excluding hydrogens is 212 g/mol. The molecule has 2 amide bonds. The Hall–Kier alpha value is -2.03. The van der Waals surface area contributed by atoms with Gasteiger partial charge in [-0.15, -0.1) is 0 Å². The summed E-state index contributed by atoms with van der Waals surface area (Å²) in [4.78, 5) is 15.5. The molecule has 1 aliphatic heterocycles. The lowest BCUT2D eigenvalue weighted by atomic mass is 10.00. The zero-order valence-electron chi connectivity index (χ0n) is 10.2. The van der Waals surface area contributed by atoms with Gasteiger partial charge in [-0.2, -0.15) is 0 Å². The second-order valence-electron chi connectivity index (χ2n) is 4.50. The highest BCUT2D eigenvalue weighted by atomic mass is 16.2. The average Bonchev–Trinajstić information content (AvgIpc) is 2.35. The van der Waals surface area contributed by atoms with Crippen LogP contribution < -0.4 is 9.80 Å². The number of amides is 2. The summed E-state index contributed by atoms with van der Waals surface area (Å²) >= 11 is 0. The van der Waals surface area contributed by atoms with Crippen molar-refractivity contribution in [1.82, 2.24) is 0 Å². The summed E-state index contributed by atoms with van der Waals surface area (Å²) in [6.07, 6.45) is 0. The van der Waals surface area contributed by atoms with Crippen molar-refractivity contribution in [2.45, 2.75) is 6.92 Å². The van der Waals surface area contributed by atoms with E-state index in [0.717, 1.165) is 16.8 Å². The number of aryl methyl sites for hydroxylation is 1. The van der Waals surface area contributed by atoms with Crippen molar-refractivity contribution in [3.63, 3.8) is 0 Å². The van der Waals surface area contributed by atoms with Gasteiger partial charge in [0.15, 0.2) is 0 Å². The maximum Gasteiger partial charge on any atom is 0.328 e. The molecule has 2 aromatic carbocycles. The van der Waals surface area contributed by atoms with Crippen LogP contribution in [0, 0.1) is 6.92 Å². The van der Waals surface area contributed by atoms with Gasteiger partial charge in [-0.05, 0) is 30.0 Å². The van der Waals surface area contributed by atoms with Crippen LogP contribution in [-0.2, 0) is 0 Å². The van der Waals surface area contributed by atoms with E-state index < -0.39 is 0 Å². The molecule has 0 aliphatic carbocycles. The third-order valence-electron chi connectivity index (χ3n) is 3.51. The molecule has 0 fully saturated rings. The highest BCUT2D eigenvalue weighted by Crippen LogP contribution is 2.39. The number of nitrogens with zero attached hydrogens (tertiary/aromatic N) is 2. The van der Waals surface area contributed by atoms with Gasteiger partial charge in [0.2, 0.25) is 0 Å². The molecule has 0 unspecified atom stereocenters. The highest BCUT2D eigenvalue weighted by Gasteiger charge is 2.27. The number of urea groups is 1. The van der Waals surface area contributed by atoms with Gasteiger partial charge in [0.1, 0.15) is 0 Å². The maximum atomic E-state index is 12.1. The molecule has 0 saturated carbocycles. The topological polar surface area (TPSA) is 23.6 Å². The SMILES string of the molecule is Cc1ccc2c3c(cccc13)N(C)C(=O)N2C. The Morgan fingerprint density at radius 1 is 0.941 bits per heavy atom. The Morgan fingerprint density at radius 3 is 2.29 bits per heavy atom. The molecule has 2 aromatic rings. The van der Waals surface area contributed by atoms with Crippen LogP contribution in [0.4, 0.5) is 16.2 Å². The summed E-state index contributed by atoms with van der Waals surface area (Å²) in [5.74, 6) is 0. The minimum atomic E-state index is 0.00820. The van der Waals surface area contributed by atoms with Crippen molar-refractivity contribution < 1.29 is 4.79 Å². The number of carbonyl (C=O) groups excluding carboxylic acids is 1. The molecule has 1 heterocycles. The molecule has 0 atom stereocenters. The first-order chi connectivity index (χ1) is 8.11. The van der Waals surface area contributed by atoms with Gasteiger partial charge in [0.05, 0.1) is 11.4 Å². The van der Waals surface area contributed by atoms with E-state index in [0.29, 0.717) is 0 Å². The number of hydrogen-bond acceptors (Lipinski definition) is 1. The van der Waals surface area contributed by atoms with E-state index >= 15 is 0 Å². The number of hydrogen-bond donors (Lipinski definition) is 0. The van der Waals surface area contributed by atoms with Crippen LogP contribution in [-0.4, -0.2) is 20.1 Å². The first-order valence-corrected chi connectivity index (χ1v) is 5.65. The number of carbonyl (C=O) groups is 1. The lowest BCUT2D eigenvalue weighted by Gasteiger charge is -2.33. The minimum Gasteiger partial charge on any atom is -0.296 e. The Kier molecular flexibility index (Phi) is 1.93. The van der Waals surface area contributed by atoms with E-state index in [2.05, 4.69) is 19.1 Å². The molecule has 3 heteroatoms. The second-order valence-corrected chi connectivity index (χ2v) is 4.50. The fourth-order valence-electron chi connectivity index (χ4n) is 2.51. The van der Waals surface area contributed by atoms with E-state index in [4.69, 9.17) is 0 Å². The fourth-order valence-corrected chi connectivity index (χ4v) is 2.51. The Bertz CT molecular complexity index is 615. The normalized spacial score (nSPS) is 14.6. The average molecular weight is 226 g/mol. The Balaban J connectivity index is 2.50. The molecule has 1 aliphatic rings. The summed E-state index contributed by atoms with van der Waals surface area (Å²) in [6.45, 7) is 2.10. The molecule has 0 bridgehead atoms. The smallest absolute Gasteiger partial charge is 0.296 e. The third-order valence-corrected chi connectivity index (χ3v) is 3.51. The highest BCUT2D eigenvalue weighted by molar-refractivity contribution is 6.19. The van der Waals surface area contributed by atoms with E-state index in [9.17, 15) is 4.79 Å². The van der Waals surface area contributed by atoms with Crippen molar-refractivity contribution in [2.24, 2.45) is 0 Å². The van der Waals surface area contributed by atoms with Crippen molar-refractivity contribution in [1.29, 1.82) is 0 Å². The second kappa shape index (κ2) is 3.23. The van der Waals surface area contributed by atoms with Crippen LogP contribution in [0.15, 0.2) is 30.3 Å². The molecular formula is C14H14N2O. The van der Waals surface area contributed by atoms with Crippen molar-refractivity contribution in [3.05, 3.63) is 35.9 Å². The molecule has 17 heavy (non-hydrogen) atoms. The Labute approximate surface area is 100 Å². The van der Waals surface area contributed by atoms with Gasteiger partial charge in [0.25, 0.3) is 0 Å². The lowest BCUT2D eigenvalue weighted by molar-refractivity contribution is 0.253. The molecule has 0 N–H and O–H groups in total. The number of benzene rings is 2. The molecule has 0 radical (unpaired) electrons. The molecule has 3 nitrogen and oxygen atoms in total. The van der Waals surface area contributed by atoms with Gasteiger partial charge in [-0.25, -0.2) is 4.79 Å². The lowest BCUT2D eigenvalue weighted by Crippen LogP contribution is -2.41. The first kappa shape index (κ1) is 10.1. The van der Waals surface area contributed by atoms with Gasteiger partial charge >= 0.3 is 6.03 Å². The van der Waals surface area contributed by atoms with Crippen LogP contribution in [0.1, 0.15) is 5.56 Å². The van der Waals surface area contributed by atoms with Crippen LogP contribution in [0.2, 0.25) is 0 Å². The van der Waals surface area contributed by atoms with Gasteiger partial charge in [-0.3, -0.25) is 9.80 Å². The van der Waals surface area contributed by atoms with Gasteiger partial charge < -0.3 is 0 Å². The van der Waals surface area contributed by atoms with Crippen molar-refractivity contribution >= 4 is 28.2 Å². The van der Waals surface area contributed by atoms with Gasteiger partial charge in [-0.1, -0.05) is 18.2 Å². The number of anilines is 2. The fraction of sp³-hybridized carbons (Fsp3) is 0.214. The molecule has 0 saturated heterocycles. The summed E-state index contributed by atoms with van der Waals surface area (Å²) in [5, 5.41) is 2.38. The first-order valence-electron chi connectivity index (χ1n) is 5.65. The van der Waals surface area contributed by atoms with E-state index in [1.807, 2.05) is 32.3 Å². The van der Waals surface area contributed by atoms with Crippen LogP contribution in [0.3, 0.4) is 0 Å². The van der Waals surface area contributed by atoms with E-state index in [1.54, 1.807) is 9.80 Å². The molecule has 3 rings (SSSR count). The molecule has 86 valence electrons.